The van der Waals surface area contributed by atoms with E-state index in [4.69, 9.17) is 16.0 Å². The molecule has 3 heterocycles. The van der Waals surface area contributed by atoms with E-state index in [0.29, 0.717) is 22.5 Å². The quantitative estimate of drug-likeness (QED) is 0.864. The minimum Gasteiger partial charge on any atom is -0.423 e. The lowest BCUT2D eigenvalue weighted by molar-refractivity contribution is -0.131. The molecule has 1 atom stereocenters. The number of nitrogens with one attached hydrogen (secondary N) is 1. The van der Waals surface area contributed by atoms with Crippen molar-refractivity contribution < 1.29 is 9.21 Å². The highest BCUT2D eigenvalue weighted by Crippen LogP contribution is 2.50. The molecule has 5 rings (SSSR count). The van der Waals surface area contributed by atoms with Crippen molar-refractivity contribution in [2.45, 2.75) is 32.2 Å². The summed E-state index contributed by atoms with van der Waals surface area (Å²) in [6.07, 6.45) is 3.12. The molecule has 26 heavy (non-hydrogen) atoms. The number of anilines is 1. The number of aromatic nitrogens is 1. The molecule has 1 aromatic carbocycles. The van der Waals surface area contributed by atoms with Crippen molar-refractivity contribution in [3.8, 4) is 0 Å². The van der Waals surface area contributed by atoms with Crippen LogP contribution in [0.2, 0.25) is 5.02 Å². The Balaban J connectivity index is 1.17. The third kappa shape index (κ3) is 2.69. The van der Waals surface area contributed by atoms with Crippen LogP contribution in [0, 0.1) is 10.8 Å². The van der Waals surface area contributed by atoms with Crippen molar-refractivity contribution in [2.24, 2.45) is 10.8 Å². The molecule has 3 aliphatic rings. The molecular formula is C19H22ClN3O2S. The molecule has 1 aromatic heterocycles. The first kappa shape index (κ1) is 16.8. The molecule has 1 aliphatic carbocycles. The number of hydrogen-bond donors (Lipinski definition) is 1. The zero-order valence-corrected chi connectivity index (χ0v) is 16.3. The Kier molecular flexibility index (Phi) is 3.73. The minimum absolute atomic E-state index is 0.168. The fraction of sp³-hybridized carbons (Fsp3) is 0.579. The normalized spacial score (nSPS) is 27.5. The molecule has 7 heteroatoms. The average Bonchev–Trinajstić information content (AvgIpc) is 3.14. The van der Waals surface area contributed by atoms with Gasteiger partial charge in [0.15, 0.2) is 5.58 Å². The van der Waals surface area contributed by atoms with E-state index in [2.05, 4.69) is 22.1 Å². The van der Waals surface area contributed by atoms with Gasteiger partial charge in [0, 0.05) is 35.3 Å². The molecule has 138 valence electrons. The molecule has 3 fully saturated rings. The number of fused-ring (bicyclic) bond motifs is 1. The number of oxazole rings is 1. The Morgan fingerprint density at radius 3 is 2.96 bits per heavy atom. The van der Waals surface area contributed by atoms with Gasteiger partial charge in [-0.3, -0.25) is 4.79 Å². The molecule has 1 spiro atoms. The lowest BCUT2D eigenvalue weighted by Gasteiger charge is -2.58. The average molecular weight is 392 g/mol. The van der Waals surface area contributed by atoms with E-state index < -0.39 is 0 Å². The van der Waals surface area contributed by atoms with E-state index >= 15 is 0 Å². The predicted molar refractivity (Wildman–Crippen MR) is 105 cm³/mol. The number of carbonyl (C=O) groups is 1. The molecule has 1 unspecified atom stereocenters. The molecular weight excluding hydrogens is 370 g/mol. The molecule has 2 aliphatic heterocycles. The molecule has 0 radical (unpaired) electrons. The number of benzene rings is 1. The Bertz CT molecular complexity index is 863. The van der Waals surface area contributed by atoms with Gasteiger partial charge in [0.05, 0.1) is 5.41 Å². The maximum absolute atomic E-state index is 12.5. The van der Waals surface area contributed by atoms with Gasteiger partial charge in [-0.1, -0.05) is 11.6 Å². The van der Waals surface area contributed by atoms with Gasteiger partial charge in [0.25, 0.3) is 6.01 Å². The van der Waals surface area contributed by atoms with Crippen molar-refractivity contribution >= 4 is 46.4 Å². The van der Waals surface area contributed by atoms with Crippen molar-refractivity contribution in [1.82, 2.24) is 10.3 Å². The fourth-order valence-electron chi connectivity index (χ4n) is 4.47. The second-order valence-corrected chi connectivity index (χ2v) is 9.95. The first-order valence-electron chi connectivity index (χ1n) is 9.15. The van der Waals surface area contributed by atoms with Gasteiger partial charge in [0.1, 0.15) is 5.52 Å². The largest absolute Gasteiger partial charge is 0.423 e. The van der Waals surface area contributed by atoms with Gasteiger partial charge >= 0.3 is 0 Å². The topological polar surface area (TPSA) is 58.4 Å². The van der Waals surface area contributed by atoms with Gasteiger partial charge in [0.2, 0.25) is 5.91 Å². The number of thioether (sulfide) groups is 1. The van der Waals surface area contributed by atoms with Crippen LogP contribution in [0.25, 0.3) is 11.1 Å². The summed E-state index contributed by atoms with van der Waals surface area (Å²) < 4.78 is 5.85. The summed E-state index contributed by atoms with van der Waals surface area (Å²) in [5, 5.41) is 3.95. The van der Waals surface area contributed by atoms with E-state index in [1.807, 2.05) is 30.0 Å². The van der Waals surface area contributed by atoms with Crippen LogP contribution in [0.5, 0.6) is 0 Å². The highest BCUT2D eigenvalue weighted by Gasteiger charge is 2.54. The molecule has 2 saturated heterocycles. The van der Waals surface area contributed by atoms with E-state index in [1.54, 1.807) is 0 Å². The smallest absolute Gasteiger partial charge is 0.298 e. The van der Waals surface area contributed by atoms with Crippen LogP contribution in [0.4, 0.5) is 6.01 Å². The summed E-state index contributed by atoms with van der Waals surface area (Å²) in [4.78, 5) is 19.3. The molecule has 1 N–H and O–H groups in total. The Labute approximate surface area is 161 Å². The van der Waals surface area contributed by atoms with Gasteiger partial charge in [-0.2, -0.15) is 16.7 Å². The van der Waals surface area contributed by atoms with Crippen LogP contribution in [-0.4, -0.2) is 41.5 Å². The zero-order chi connectivity index (χ0) is 17.9. The van der Waals surface area contributed by atoms with Crippen molar-refractivity contribution in [3.63, 3.8) is 0 Å². The van der Waals surface area contributed by atoms with Gasteiger partial charge in [-0.05, 0) is 50.1 Å². The van der Waals surface area contributed by atoms with Crippen molar-refractivity contribution in [1.29, 1.82) is 0 Å². The summed E-state index contributed by atoms with van der Waals surface area (Å²) in [5.74, 6) is 2.30. The first-order chi connectivity index (χ1) is 12.4. The highest BCUT2D eigenvalue weighted by atomic mass is 35.5. The van der Waals surface area contributed by atoms with Crippen LogP contribution in [-0.2, 0) is 4.79 Å². The summed E-state index contributed by atoms with van der Waals surface area (Å²) in [7, 11) is 0. The highest BCUT2D eigenvalue weighted by molar-refractivity contribution is 7.99. The second kappa shape index (κ2) is 5.80. The standard InChI is InChI=1S/C19H22ClN3O2S/c1-18(4-5-26-11-18)16(24)21-13-7-19(8-13)9-23(10-19)17-22-14-6-12(20)2-3-15(14)25-17/h2-3,6,13H,4-5,7-11H2,1H3,(H,21,24). The lowest BCUT2D eigenvalue weighted by Crippen LogP contribution is -2.67. The Morgan fingerprint density at radius 1 is 1.42 bits per heavy atom. The van der Waals surface area contributed by atoms with Crippen LogP contribution in [0.3, 0.4) is 0 Å². The molecule has 1 saturated carbocycles. The fourth-order valence-corrected chi connectivity index (χ4v) is 6.11. The van der Waals surface area contributed by atoms with Crippen molar-refractivity contribution in [3.05, 3.63) is 23.2 Å². The number of halogens is 1. The van der Waals surface area contributed by atoms with Gasteiger partial charge in [-0.15, -0.1) is 0 Å². The monoisotopic (exact) mass is 391 g/mol. The van der Waals surface area contributed by atoms with E-state index in [9.17, 15) is 4.79 Å². The molecule has 1 amide bonds. The number of amides is 1. The number of nitrogens with zero attached hydrogens (tertiary/aromatic N) is 2. The minimum atomic E-state index is -0.168. The Hall–Kier alpha value is -1.40. The van der Waals surface area contributed by atoms with E-state index in [-0.39, 0.29) is 11.3 Å². The van der Waals surface area contributed by atoms with Gasteiger partial charge < -0.3 is 14.6 Å². The van der Waals surface area contributed by atoms with Crippen LogP contribution < -0.4 is 10.2 Å². The number of carbonyl (C=O) groups excluding carboxylic acids is 1. The number of rotatable bonds is 3. The third-order valence-corrected chi connectivity index (χ3v) is 7.69. The molecule has 0 bridgehead atoms. The maximum atomic E-state index is 12.5. The third-order valence-electron chi connectivity index (χ3n) is 6.12. The summed E-state index contributed by atoms with van der Waals surface area (Å²) >= 11 is 7.90. The van der Waals surface area contributed by atoms with Crippen LogP contribution in [0.1, 0.15) is 26.2 Å². The summed E-state index contributed by atoms with van der Waals surface area (Å²) in [6.45, 7) is 4.00. The molecule has 2 aromatic rings. The zero-order valence-electron chi connectivity index (χ0n) is 14.8. The Morgan fingerprint density at radius 2 is 2.23 bits per heavy atom. The summed E-state index contributed by atoms with van der Waals surface area (Å²) in [5.41, 5.74) is 1.72. The SMILES string of the molecule is CC1(C(=O)NC2CC3(C2)CN(c2nc4cc(Cl)ccc4o2)C3)CCSC1. The first-order valence-corrected chi connectivity index (χ1v) is 10.7. The lowest BCUT2D eigenvalue weighted by atomic mass is 9.60. The van der Waals surface area contributed by atoms with Gasteiger partial charge in [-0.25, -0.2) is 0 Å². The van der Waals surface area contributed by atoms with E-state index in [1.165, 1.54) is 0 Å². The predicted octanol–water partition coefficient (Wildman–Crippen LogP) is 3.71. The van der Waals surface area contributed by atoms with E-state index in [0.717, 1.165) is 55.0 Å². The van der Waals surface area contributed by atoms with Crippen LogP contribution in [0.15, 0.2) is 22.6 Å². The summed E-state index contributed by atoms with van der Waals surface area (Å²) in [6, 6.07) is 6.51. The number of hydrogen-bond acceptors (Lipinski definition) is 5. The van der Waals surface area contributed by atoms with Crippen molar-refractivity contribution in [2.75, 3.05) is 29.5 Å². The van der Waals surface area contributed by atoms with Crippen LogP contribution >= 0.6 is 23.4 Å². The maximum Gasteiger partial charge on any atom is 0.298 e. The second-order valence-electron chi connectivity index (χ2n) is 8.41. The molecule has 5 nitrogen and oxygen atoms in total.